The molecule has 10 heteroatoms. The third-order valence-corrected chi connectivity index (χ3v) is 4.50. The van der Waals surface area contributed by atoms with Crippen molar-refractivity contribution in [1.82, 2.24) is 19.1 Å². The van der Waals surface area contributed by atoms with Crippen LogP contribution in [0.5, 0.6) is 0 Å². The topological polar surface area (TPSA) is 128 Å². The summed E-state index contributed by atoms with van der Waals surface area (Å²) in [5.74, 6) is 11.6. The largest absolute Gasteiger partial charge is 0.349 e. The van der Waals surface area contributed by atoms with E-state index in [-0.39, 0.29) is 23.5 Å². The number of aromatic nitrogens is 4. The summed E-state index contributed by atoms with van der Waals surface area (Å²) >= 11 is 0. The smallest absolute Gasteiger partial charge is 0.311 e. The summed E-state index contributed by atoms with van der Waals surface area (Å²) < 4.78 is 3.00. The molecule has 178 valence electrons. The standard InChI is InChI=1S/C24H28N6O4/c1-19(31)25-21-13-17-29(23(33)27-21)15-11-9-7-5-3-4-6-8-10-12-16-30-18-14-22(26-20(2)32)28-24(30)34/h13-14,17-18H,7-12,15-16H2,1-2H3,(H,25,27,31,33)(H,26,28,32,34). The van der Waals surface area contributed by atoms with Crippen LogP contribution in [0.25, 0.3) is 0 Å². The van der Waals surface area contributed by atoms with Crippen LogP contribution in [0.3, 0.4) is 0 Å². The molecule has 10 nitrogen and oxygen atoms in total. The summed E-state index contributed by atoms with van der Waals surface area (Å²) in [6, 6.07) is 3.19. The van der Waals surface area contributed by atoms with Crippen molar-refractivity contribution < 1.29 is 9.59 Å². The molecule has 2 heterocycles. The molecule has 0 aromatic carbocycles. The SMILES string of the molecule is CC(=O)Nc1ccn(CCCCC#CC#CCCCCn2ccc(NC(C)=O)nc2=O)c(=O)n1. The van der Waals surface area contributed by atoms with E-state index < -0.39 is 11.4 Å². The quantitative estimate of drug-likeness (QED) is 0.407. The van der Waals surface area contributed by atoms with Crippen LogP contribution in [0, 0.1) is 23.7 Å². The van der Waals surface area contributed by atoms with Gasteiger partial charge in [-0.2, -0.15) is 9.97 Å². The Labute approximate surface area is 197 Å². The number of carbonyl (C=O) groups excluding carboxylic acids is 2. The van der Waals surface area contributed by atoms with Crippen molar-refractivity contribution in [2.75, 3.05) is 10.6 Å². The van der Waals surface area contributed by atoms with Crippen LogP contribution >= 0.6 is 0 Å². The van der Waals surface area contributed by atoms with Crippen molar-refractivity contribution in [2.45, 2.75) is 65.5 Å². The third kappa shape index (κ3) is 9.96. The maximum absolute atomic E-state index is 11.9. The first kappa shape index (κ1) is 26.1. The molecule has 2 N–H and O–H groups in total. The summed E-state index contributed by atoms with van der Waals surface area (Å²) in [6.07, 6.45) is 7.83. The minimum atomic E-state index is -0.397. The second-order valence-electron chi connectivity index (χ2n) is 7.46. The first-order chi connectivity index (χ1) is 16.3. The Balaban J connectivity index is 1.60. The molecule has 0 bridgehead atoms. The van der Waals surface area contributed by atoms with Crippen molar-refractivity contribution in [3.63, 3.8) is 0 Å². The highest BCUT2D eigenvalue weighted by molar-refractivity contribution is 5.87. The summed E-state index contributed by atoms with van der Waals surface area (Å²) in [5.41, 5.74) is -0.794. The highest BCUT2D eigenvalue weighted by Gasteiger charge is 2.02. The van der Waals surface area contributed by atoms with Gasteiger partial charge in [-0.1, -0.05) is 11.8 Å². The number of nitrogens with one attached hydrogen (secondary N) is 2. The first-order valence-corrected chi connectivity index (χ1v) is 11.0. The van der Waals surface area contributed by atoms with Crippen LogP contribution in [0.4, 0.5) is 11.6 Å². The van der Waals surface area contributed by atoms with Gasteiger partial charge >= 0.3 is 11.4 Å². The maximum atomic E-state index is 11.9. The van der Waals surface area contributed by atoms with Crippen molar-refractivity contribution in [1.29, 1.82) is 0 Å². The molecule has 0 aliphatic heterocycles. The molecule has 2 amide bonds. The Morgan fingerprint density at radius 3 is 1.53 bits per heavy atom. The molecule has 0 spiro atoms. The van der Waals surface area contributed by atoms with Crippen LogP contribution in [0.1, 0.15) is 52.4 Å². The Kier molecular flexibility index (Phi) is 10.8. The Morgan fingerprint density at radius 2 is 1.18 bits per heavy atom. The number of amides is 2. The van der Waals surface area contributed by atoms with Gasteiger partial charge in [0, 0.05) is 52.2 Å². The van der Waals surface area contributed by atoms with Crippen molar-refractivity contribution in [2.24, 2.45) is 0 Å². The van der Waals surface area contributed by atoms with Gasteiger partial charge in [-0.15, -0.1) is 0 Å². The molecular weight excluding hydrogens is 436 g/mol. The van der Waals surface area contributed by atoms with E-state index in [4.69, 9.17) is 0 Å². The minimum absolute atomic E-state index is 0.251. The number of unbranched alkanes of at least 4 members (excludes halogenated alkanes) is 4. The van der Waals surface area contributed by atoms with Crippen LogP contribution in [-0.4, -0.2) is 30.9 Å². The molecule has 0 radical (unpaired) electrons. The number of nitrogens with zero attached hydrogens (tertiary/aromatic N) is 4. The maximum Gasteiger partial charge on any atom is 0.349 e. The molecule has 2 aromatic heterocycles. The van der Waals surface area contributed by atoms with Crippen LogP contribution in [-0.2, 0) is 22.7 Å². The minimum Gasteiger partial charge on any atom is -0.311 e. The van der Waals surface area contributed by atoms with Crippen LogP contribution < -0.4 is 22.0 Å². The fraction of sp³-hybridized carbons (Fsp3) is 0.417. The van der Waals surface area contributed by atoms with E-state index in [1.54, 1.807) is 24.5 Å². The fourth-order valence-electron chi connectivity index (χ4n) is 2.90. The van der Waals surface area contributed by atoms with E-state index >= 15 is 0 Å². The zero-order valence-corrected chi connectivity index (χ0v) is 19.4. The van der Waals surface area contributed by atoms with Gasteiger partial charge in [0.05, 0.1) is 0 Å². The first-order valence-electron chi connectivity index (χ1n) is 11.0. The summed E-state index contributed by atoms with van der Waals surface area (Å²) in [6.45, 7) is 3.79. The van der Waals surface area contributed by atoms with Gasteiger partial charge in [-0.3, -0.25) is 18.7 Å². The Bertz CT molecular complexity index is 1140. The highest BCUT2D eigenvalue weighted by atomic mass is 16.2. The number of hydrogen-bond donors (Lipinski definition) is 2. The molecule has 2 rings (SSSR count). The second kappa shape index (κ2) is 14.1. The average Bonchev–Trinajstić information content (AvgIpc) is 2.76. The predicted octanol–water partition coefficient (Wildman–Crippen LogP) is 1.76. The predicted molar refractivity (Wildman–Crippen MR) is 129 cm³/mol. The van der Waals surface area contributed by atoms with E-state index in [0.717, 1.165) is 25.7 Å². The lowest BCUT2D eigenvalue weighted by atomic mass is 10.2. The Morgan fingerprint density at radius 1 is 0.765 bits per heavy atom. The van der Waals surface area contributed by atoms with Gasteiger partial charge in [0.15, 0.2) is 0 Å². The lowest BCUT2D eigenvalue weighted by molar-refractivity contribution is -0.115. The van der Waals surface area contributed by atoms with E-state index in [0.29, 0.717) is 25.9 Å². The normalized spacial score (nSPS) is 9.82. The number of hydrogen-bond acceptors (Lipinski definition) is 6. The molecule has 0 fully saturated rings. The van der Waals surface area contributed by atoms with Gasteiger partial charge < -0.3 is 10.6 Å². The second-order valence-corrected chi connectivity index (χ2v) is 7.46. The van der Waals surface area contributed by atoms with E-state index in [1.165, 1.54) is 23.0 Å². The molecule has 0 saturated heterocycles. The van der Waals surface area contributed by atoms with Gasteiger partial charge in [-0.05, 0) is 49.7 Å². The van der Waals surface area contributed by atoms with E-state index in [9.17, 15) is 19.2 Å². The lowest BCUT2D eigenvalue weighted by Gasteiger charge is -2.05. The lowest BCUT2D eigenvalue weighted by Crippen LogP contribution is -2.24. The van der Waals surface area contributed by atoms with Crippen LogP contribution in [0.15, 0.2) is 34.1 Å². The molecule has 0 atom stereocenters. The van der Waals surface area contributed by atoms with Gasteiger partial charge in [-0.25, -0.2) is 9.59 Å². The fourth-order valence-corrected chi connectivity index (χ4v) is 2.90. The number of aryl methyl sites for hydroxylation is 2. The van der Waals surface area contributed by atoms with Gasteiger partial charge in [0.1, 0.15) is 11.6 Å². The van der Waals surface area contributed by atoms with E-state index in [1.807, 2.05) is 0 Å². The van der Waals surface area contributed by atoms with E-state index in [2.05, 4.69) is 44.3 Å². The van der Waals surface area contributed by atoms with Crippen LogP contribution in [0.2, 0.25) is 0 Å². The summed E-state index contributed by atoms with van der Waals surface area (Å²) in [4.78, 5) is 53.4. The van der Waals surface area contributed by atoms with Crippen molar-refractivity contribution >= 4 is 23.5 Å². The van der Waals surface area contributed by atoms with Crippen molar-refractivity contribution in [3.05, 3.63) is 45.5 Å². The third-order valence-electron chi connectivity index (χ3n) is 4.50. The molecule has 0 aliphatic carbocycles. The molecule has 2 aromatic rings. The molecule has 0 unspecified atom stereocenters. The number of carbonyl (C=O) groups is 2. The molecule has 0 aliphatic rings. The summed E-state index contributed by atoms with van der Waals surface area (Å²) in [7, 11) is 0. The van der Waals surface area contributed by atoms with Gasteiger partial charge in [0.25, 0.3) is 0 Å². The Hall–Kier alpha value is -4.18. The molecule has 34 heavy (non-hydrogen) atoms. The summed E-state index contributed by atoms with van der Waals surface area (Å²) in [5, 5.41) is 4.96. The zero-order valence-electron chi connectivity index (χ0n) is 19.4. The molecule has 0 saturated carbocycles. The van der Waals surface area contributed by atoms with Gasteiger partial charge in [0.2, 0.25) is 11.8 Å². The zero-order chi connectivity index (χ0) is 24.8. The average molecular weight is 465 g/mol. The number of anilines is 2. The number of rotatable bonds is 10. The van der Waals surface area contributed by atoms with Crippen molar-refractivity contribution in [3.8, 4) is 23.7 Å². The molecular formula is C24H28N6O4. The monoisotopic (exact) mass is 464 g/mol. The highest BCUT2D eigenvalue weighted by Crippen LogP contribution is 2.01.